The molecule has 4 aliphatic heterocycles. The zero-order chi connectivity index (χ0) is 21.3. The molecular weight excluding hydrogens is 378 g/mol. The first-order chi connectivity index (χ1) is 14.1. The number of carbonyl (C=O) groups is 2. The van der Waals surface area contributed by atoms with Gasteiger partial charge in [0.2, 0.25) is 11.8 Å². The number of nitrogens with one attached hydrogen (secondary N) is 2. The molecule has 6 heteroatoms. The topological polar surface area (TPSA) is 70.7 Å². The number of hydrogen-bond acceptors (Lipinski definition) is 4. The van der Waals surface area contributed by atoms with Crippen LogP contribution >= 0.6 is 0 Å². The van der Waals surface area contributed by atoms with Crippen molar-refractivity contribution >= 4 is 17.5 Å². The first-order valence-electron chi connectivity index (χ1n) is 10.9. The van der Waals surface area contributed by atoms with E-state index in [-0.39, 0.29) is 35.0 Å². The predicted molar refractivity (Wildman–Crippen MR) is 115 cm³/mol. The Labute approximate surface area is 178 Å². The van der Waals surface area contributed by atoms with Crippen molar-refractivity contribution in [3.8, 4) is 0 Å². The molecule has 0 aliphatic carbocycles. The Morgan fingerprint density at radius 3 is 2.47 bits per heavy atom. The predicted octanol–water partition coefficient (Wildman–Crippen LogP) is 2.40. The van der Waals surface area contributed by atoms with Crippen LogP contribution in [0.15, 0.2) is 42.5 Å². The van der Waals surface area contributed by atoms with E-state index in [1.165, 1.54) is 0 Å². The largest absolute Gasteiger partial charge is 0.360 e. The number of hydrogen-bond donors (Lipinski definition) is 2. The summed E-state index contributed by atoms with van der Waals surface area (Å²) in [6.45, 7) is 9.14. The number of benzene rings is 1. The fraction of sp³-hybridized carbons (Fsp3) is 0.583. The third kappa shape index (κ3) is 3.08. The molecule has 2 unspecified atom stereocenters. The van der Waals surface area contributed by atoms with E-state index in [2.05, 4.69) is 38.3 Å². The summed E-state index contributed by atoms with van der Waals surface area (Å²) in [5.41, 5.74) is 0.0536. The third-order valence-electron chi connectivity index (χ3n) is 7.01. The average molecular weight is 410 g/mol. The molecule has 160 valence electrons. The average Bonchev–Trinajstić information content (AvgIpc) is 3.28. The number of carbonyl (C=O) groups excluding carboxylic acids is 2. The molecular formula is C24H31N3O3. The van der Waals surface area contributed by atoms with E-state index in [1.54, 1.807) is 4.90 Å². The molecule has 4 aliphatic rings. The second-order valence-electron chi connectivity index (χ2n) is 10.7. The number of piperidine rings is 1. The minimum Gasteiger partial charge on any atom is -0.360 e. The maximum Gasteiger partial charge on any atom is 0.234 e. The summed E-state index contributed by atoms with van der Waals surface area (Å²) < 4.78 is 6.26. The highest BCUT2D eigenvalue weighted by molar-refractivity contribution is 6.03. The third-order valence-corrected chi connectivity index (χ3v) is 7.01. The number of anilines is 1. The Hall–Kier alpha value is -2.18. The Bertz CT molecular complexity index is 894. The van der Waals surface area contributed by atoms with Crippen LogP contribution in [0, 0.1) is 11.8 Å². The van der Waals surface area contributed by atoms with Gasteiger partial charge >= 0.3 is 0 Å². The van der Waals surface area contributed by atoms with E-state index in [9.17, 15) is 9.59 Å². The monoisotopic (exact) mass is 409 g/mol. The van der Waals surface area contributed by atoms with E-state index < -0.39 is 17.4 Å². The molecule has 0 aromatic heterocycles. The molecule has 3 saturated heterocycles. The van der Waals surface area contributed by atoms with E-state index in [0.717, 1.165) is 18.5 Å². The number of amides is 2. The van der Waals surface area contributed by atoms with Crippen molar-refractivity contribution in [1.29, 1.82) is 0 Å². The van der Waals surface area contributed by atoms with Gasteiger partial charge in [0.1, 0.15) is 5.60 Å². The smallest absolute Gasteiger partial charge is 0.234 e. The van der Waals surface area contributed by atoms with Crippen molar-refractivity contribution < 1.29 is 14.3 Å². The standard InChI is InChI=1S/C24H31N3O3/c1-22(2)12-15(13-23(3,4)26-22)25-20(28)18-17-10-11-24(30-17)14-27(21(29)19(18)24)16-8-6-5-7-9-16/h5-11,15,17-19,26H,12-14H2,1-4H3,(H,25,28)/t17-,18?,19?,24+/m0/s1. The van der Waals surface area contributed by atoms with Crippen molar-refractivity contribution in [2.75, 3.05) is 11.4 Å². The Morgan fingerprint density at radius 2 is 1.80 bits per heavy atom. The lowest BCUT2D eigenvalue weighted by Gasteiger charge is -2.47. The molecule has 4 atom stereocenters. The Balaban J connectivity index is 1.37. The molecule has 1 spiro atoms. The van der Waals surface area contributed by atoms with Gasteiger partial charge in [0, 0.05) is 22.8 Å². The molecule has 4 heterocycles. The highest BCUT2D eigenvalue weighted by Gasteiger charge is 2.67. The van der Waals surface area contributed by atoms with Gasteiger partial charge in [-0.2, -0.15) is 0 Å². The van der Waals surface area contributed by atoms with Crippen LogP contribution in [0.4, 0.5) is 5.69 Å². The Morgan fingerprint density at radius 1 is 1.13 bits per heavy atom. The molecule has 3 fully saturated rings. The van der Waals surface area contributed by atoms with E-state index in [1.807, 2.05) is 42.5 Å². The molecule has 30 heavy (non-hydrogen) atoms. The van der Waals surface area contributed by atoms with Crippen LogP contribution in [-0.4, -0.2) is 47.2 Å². The molecule has 1 aromatic carbocycles. The second-order valence-corrected chi connectivity index (χ2v) is 10.7. The number of para-hydroxylation sites is 1. The van der Waals surface area contributed by atoms with E-state index in [4.69, 9.17) is 4.74 Å². The van der Waals surface area contributed by atoms with Gasteiger partial charge in [-0.15, -0.1) is 0 Å². The fourth-order valence-electron chi connectivity index (χ4n) is 6.35. The van der Waals surface area contributed by atoms with E-state index in [0.29, 0.717) is 6.54 Å². The van der Waals surface area contributed by atoms with Crippen molar-refractivity contribution in [1.82, 2.24) is 10.6 Å². The van der Waals surface area contributed by atoms with Crippen LogP contribution in [-0.2, 0) is 14.3 Å². The second kappa shape index (κ2) is 6.41. The van der Waals surface area contributed by atoms with Crippen LogP contribution in [0.3, 0.4) is 0 Å². The van der Waals surface area contributed by atoms with Gasteiger partial charge in [0.15, 0.2) is 0 Å². The number of ether oxygens (including phenoxy) is 1. The molecule has 5 rings (SSSR count). The molecule has 2 amide bonds. The van der Waals surface area contributed by atoms with Crippen molar-refractivity contribution in [3.63, 3.8) is 0 Å². The van der Waals surface area contributed by atoms with Gasteiger partial charge in [-0.1, -0.05) is 30.4 Å². The van der Waals surface area contributed by atoms with Crippen LogP contribution in [0.25, 0.3) is 0 Å². The summed E-state index contributed by atoms with van der Waals surface area (Å²) in [7, 11) is 0. The van der Waals surface area contributed by atoms with Gasteiger partial charge < -0.3 is 20.3 Å². The molecule has 2 N–H and O–H groups in total. The van der Waals surface area contributed by atoms with Crippen LogP contribution in [0.5, 0.6) is 0 Å². The number of nitrogens with zero attached hydrogens (tertiary/aromatic N) is 1. The van der Waals surface area contributed by atoms with E-state index >= 15 is 0 Å². The maximum absolute atomic E-state index is 13.4. The summed E-state index contributed by atoms with van der Waals surface area (Å²) in [6, 6.07) is 9.72. The molecule has 2 bridgehead atoms. The van der Waals surface area contributed by atoms with Gasteiger partial charge in [-0.05, 0) is 52.7 Å². The van der Waals surface area contributed by atoms with Gasteiger partial charge in [0.05, 0.1) is 24.5 Å². The quantitative estimate of drug-likeness (QED) is 0.752. The fourth-order valence-corrected chi connectivity index (χ4v) is 6.35. The van der Waals surface area contributed by atoms with Gasteiger partial charge in [0.25, 0.3) is 0 Å². The van der Waals surface area contributed by atoms with Crippen LogP contribution in [0.1, 0.15) is 40.5 Å². The van der Waals surface area contributed by atoms with Crippen LogP contribution in [0.2, 0.25) is 0 Å². The summed E-state index contributed by atoms with van der Waals surface area (Å²) in [6.07, 6.45) is 5.37. The molecule has 0 saturated carbocycles. The Kier molecular flexibility index (Phi) is 4.22. The molecule has 6 nitrogen and oxygen atoms in total. The normalized spacial score (nSPS) is 36.2. The van der Waals surface area contributed by atoms with Crippen LogP contribution < -0.4 is 15.5 Å². The summed E-state index contributed by atoms with van der Waals surface area (Å²) in [5, 5.41) is 6.93. The van der Waals surface area contributed by atoms with Gasteiger partial charge in [-0.3, -0.25) is 9.59 Å². The summed E-state index contributed by atoms with van der Waals surface area (Å²) >= 11 is 0. The minimum absolute atomic E-state index is 0.0147. The molecule has 0 radical (unpaired) electrons. The highest BCUT2D eigenvalue weighted by atomic mass is 16.5. The highest BCUT2D eigenvalue weighted by Crippen LogP contribution is 2.52. The lowest BCUT2D eigenvalue weighted by atomic mass is 9.75. The van der Waals surface area contributed by atoms with Crippen molar-refractivity contribution in [2.45, 2.75) is 69.4 Å². The summed E-state index contributed by atoms with van der Waals surface area (Å²) in [4.78, 5) is 28.6. The zero-order valence-corrected chi connectivity index (χ0v) is 18.1. The maximum atomic E-state index is 13.4. The molecule has 1 aromatic rings. The van der Waals surface area contributed by atoms with Crippen molar-refractivity contribution in [2.24, 2.45) is 11.8 Å². The lowest BCUT2D eigenvalue weighted by Crippen LogP contribution is -2.62. The zero-order valence-electron chi connectivity index (χ0n) is 18.1. The first-order valence-corrected chi connectivity index (χ1v) is 10.9. The lowest BCUT2D eigenvalue weighted by molar-refractivity contribution is -0.132. The van der Waals surface area contributed by atoms with Gasteiger partial charge in [-0.25, -0.2) is 0 Å². The summed E-state index contributed by atoms with van der Waals surface area (Å²) in [5.74, 6) is -1.01. The first kappa shape index (κ1) is 19.8. The number of rotatable bonds is 3. The SMILES string of the molecule is CC1(C)CC(NC(=O)C2C3C(=O)N(c4ccccc4)C[C@]34C=C[C@@H]2O4)CC(C)(C)N1. The van der Waals surface area contributed by atoms with Crippen molar-refractivity contribution in [3.05, 3.63) is 42.5 Å². The minimum atomic E-state index is -0.688. The number of fused-ring (bicyclic) bond motifs is 1.